The maximum absolute atomic E-state index is 13.2. The molecule has 4 aliphatic rings. The monoisotopic (exact) mass is 426 g/mol. The Morgan fingerprint density at radius 3 is 1.74 bits per heavy atom. The van der Waals surface area contributed by atoms with Crippen molar-refractivity contribution in [2.24, 2.45) is 17.8 Å². The fraction of sp³-hybridized carbons (Fsp3) is 0.929. The molecule has 0 aromatic carbocycles. The number of esters is 1. The Labute approximate surface area is 149 Å². The van der Waals surface area contributed by atoms with Gasteiger partial charge in [0.15, 0.2) is 0 Å². The molecule has 156 valence electrons. The second-order valence-electron chi connectivity index (χ2n) is 7.69. The van der Waals surface area contributed by atoms with Crippen LogP contribution in [0.3, 0.4) is 0 Å². The van der Waals surface area contributed by atoms with E-state index < -0.39 is 50.8 Å². The van der Waals surface area contributed by atoms with Gasteiger partial charge in [-0.3, -0.25) is 4.55 Å². The summed E-state index contributed by atoms with van der Waals surface area (Å²) in [6.45, 7) is 0. The van der Waals surface area contributed by atoms with E-state index in [1.165, 1.54) is 0 Å². The Kier molecular flexibility index (Phi) is 4.38. The smallest absolute Gasteiger partial charge is 0.430 e. The highest BCUT2D eigenvalue weighted by atomic mass is 32.2. The van der Waals surface area contributed by atoms with E-state index in [-0.39, 0.29) is 24.7 Å². The van der Waals surface area contributed by atoms with Gasteiger partial charge in [-0.05, 0) is 49.9 Å². The molecule has 27 heavy (non-hydrogen) atoms. The van der Waals surface area contributed by atoms with Crippen LogP contribution in [0.5, 0.6) is 0 Å². The maximum Gasteiger partial charge on any atom is 0.430 e. The summed E-state index contributed by atoms with van der Waals surface area (Å²) < 4.78 is 109. The number of aliphatic hydroxyl groups is 1. The summed E-state index contributed by atoms with van der Waals surface area (Å²) >= 11 is 0. The molecule has 0 spiro atoms. The zero-order valence-corrected chi connectivity index (χ0v) is 14.4. The van der Waals surface area contributed by atoms with Gasteiger partial charge in [0, 0.05) is 0 Å². The van der Waals surface area contributed by atoms with E-state index in [9.17, 15) is 44.7 Å². The number of rotatable bonds is 3. The molecule has 3 atom stereocenters. The molecule has 0 amide bonds. The number of halogens is 6. The highest BCUT2D eigenvalue weighted by Crippen LogP contribution is 2.57. The predicted octanol–water partition coefficient (Wildman–Crippen LogP) is 2.22. The molecular formula is C14H16F6O6S. The lowest BCUT2D eigenvalue weighted by atomic mass is 9.53. The Hall–Kier alpha value is -1.08. The molecule has 4 bridgehead atoms. The van der Waals surface area contributed by atoms with Gasteiger partial charge in [0.05, 0.1) is 0 Å². The number of hydrogen-bond acceptors (Lipinski definition) is 5. The molecule has 4 aliphatic carbocycles. The Bertz CT molecular complexity index is 716. The van der Waals surface area contributed by atoms with Gasteiger partial charge in [-0.1, -0.05) is 0 Å². The van der Waals surface area contributed by atoms with Crippen LogP contribution in [0.2, 0.25) is 0 Å². The standard InChI is InChI=1S/C14H16F6O6S/c15-13(16,17)12(14(18,19)20,27(23,24)25)10(21)26-9-8-2-6-1-7(3-8)5-11(9,22)4-6/h6-9,22H,1-5H2,(H,23,24,25). The average molecular weight is 426 g/mol. The summed E-state index contributed by atoms with van der Waals surface area (Å²) in [4.78, 5) is 12.0. The molecule has 0 aromatic heterocycles. The van der Waals surface area contributed by atoms with Crippen molar-refractivity contribution >= 4 is 16.1 Å². The van der Waals surface area contributed by atoms with Gasteiger partial charge in [-0.15, -0.1) is 0 Å². The number of alkyl halides is 6. The summed E-state index contributed by atoms with van der Waals surface area (Å²) in [7, 11) is -7.04. The van der Waals surface area contributed by atoms with E-state index in [4.69, 9.17) is 4.55 Å². The predicted molar refractivity (Wildman–Crippen MR) is 74.8 cm³/mol. The van der Waals surface area contributed by atoms with Gasteiger partial charge in [-0.25, -0.2) is 4.79 Å². The van der Waals surface area contributed by atoms with Crippen molar-refractivity contribution in [2.45, 2.75) is 60.9 Å². The van der Waals surface area contributed by atoms with E-state index in [0.29, 0.717) is 12.8 Å². The van der Waals surface area contributed by atoms with Crippen LogP contribution in [0.4, 0.5) is 26.3 Å². The van der Waals surface area contributed by atoms with Crippen molar-refractivity contribution in [3.8, 4) is 0 Å². The molecule has 0 aromatic rings. The lowest BCUT2D eigenvalue weighted by molar-refractivity contribution is -0.280. The van der Waals surface area contributed by atoms with E-state index in [0.717, 1.165) is 6.42 Å². The molecular weight excluding hydrogens is 410 g/mol. The zero-order chi connectivity index (χ0) is 20.6. The van der Waals surface area contributed by atoms with Gasteiger partial charge < -0.3 is 9.84 Å². The van der Waals surface area contributed by atoms with Crippen molar-refractivity contribution < 1.29 is 54.0 Å². The third-order valence-corrected chi connectivity index (χ3v) is 7.29. The average Bonchev–Trinajstić information content (AvgIpc) is 2.36. The first kappa shape index (κ1) is 20.6. The molecule has 4 saturated carbocycles. The molecule has 0 heterocycles. The van der Waals surface area contributed by atoms with Crippen LogP contribution < -0.4 is 0 Å². The summed E-state index contributed by atoms with van der Waals surface area (Å²) in [6, 6.07) is 0. The van der Waals surface area contributed by atoms with Gasteiger partial charge in [0.2, 0.25) is 0 Å². The van der Waals surface area contributed by atoms with Crippen LogP contribution in [-0.4, -0.2) is 52.9 Å². The van der Waals surface area contributed by atoms with Crippen molar-refractivity contribution in [3.63, 3.8) is 0 Å². The first-order chi connectivity index (χ1) is 12.0. The largest absolute Gasteiger partial charge is 0.457 e. The van der Waals surface area contributed by atoms with Crippen molar-refractivity contribution in [2.75, 3.05) is 0 Å². The summed E-state index contributed by atoms with van der Waals surface area (Å²) in [6.07, 6.45) is -13.6. The molecule has 0 saturated heterocycles. The minimum atomic E-state index is -7.04. The van der Waals surface area contributed by atoms with Crippen LogP contribution in [-0.2, 0) is 19.6 Å². The number of carbonyl (C=O) groups excluding carboxylic acids is 1. The highest BCUT2D eigenvalue weighted by molar-refractivity contribution is 7.88. The molecule has 2 N–H and O–H groups in total. The topological polar surface area (TPSA) is 101 Å². The molecule has 3 unspecified atom stereocenters. The fourth-order valence-electron chi connectivity index (χ4n) is 5.15. The van der Waals surface area contributed by atoms with Crippen LogP contribution >= 0.6 is 0 Å². The van der Waals surface area contributed by atoms with Crippen LogP contribution in [0.15, 0.2) is 0 Å². The zero-order valence-electron chi connectivity index (χ0n) is 13.5. The fourth-order valence-corrected chi connectivity index (χ4v) is 5.99. The summed E-state index contributed by atoms with van der Waals surface area (Å²) in [5.41, 5.74) is -1.81. The first-order valence-corrected chi connectivity index (χ1v) is 9.51. The molecule has 6 nitrogen and oxygen atoms in total. The van der Waals surface area contributed by atoms with Crippen molar-refractivity contribution in [1.82, 2.24) is 0 Å². The van der Waals surface area contributed by atoms with Gasteiger partial charge in [0.25, 0.3) is 0 Å². The minimum Gasteiger partial charge on any atom is -0.457 e. The second-order valence-corrected chi connectivity index (χ2v) is 9.25. The molecule has 13 heteroatoms. The van der Waals surface area contributed by atoms with E-state index >= 15 is 0 Å². The van der Waals surface area contributed by atoms with E-state index in [2.05, 4.69) is 4.74 Å². The Morgan fingerprint density at radius 1 is 0.963 bits per heavy atom. The summed E-state index contributed by atoms with van der Waals surface area (Å²) in [5, 5.41) is 10.6. The summed E-state index contributed by atoms with van der Waals surface area (Å²) in [5.74, 6) is -3.85. The first-order valence-electron chi connectivity index (χ1n) is 8.07. The van der Waals surface area contributed by atoms with E-state index in [1.807, 2.05) is 0 Å². The molecule has 4 rings (SSSR count). The Morgan fingerprint density at radius 2 is 1.41 bits per heavy atom. The lowest BCUT2D eigenvalue weighted by Gasteiger charge is -2.58. The third kappa shape index (κ3) is 2.84. The van der Waals surface area contributed by atoms with Gasteiger partial charge >= 0.3 is 33.2 Å². The molecule has 0 aliphatic heterocycles. The van der Waals surface area contributed by atoms with Crippen LogP contribution in [0, 0.1) is 17.8 Å². The number of carbonyl (C=O) groups is 1. The highest BCUT2D eigenvalue weighted by Gasteiger charge is 2.85. The lowest BCUT2D eigenvalue weighted by Crippen LogP contribution is -2.70. The van der Waals surface area contributed by atoms with Gasteiger partial charge in [-0.2, -0.15) is 34.8 Å². The third-order valence-electron chi connectivity index (χ3n) is 5.89. The maximum atomic E-state index is 13.2. The number of hydrogen-bond donors (Lipinski definition) is 2. The van der Waals surface area contributed by atoms with Crippen LogP contribution in [0.1, 0.15) is 32.1 Å². The molecule has 4 fully saturated rings. The second kappa shape index (κ2) is 5.72. The van der Waals surface area contributed by atoms with Crippen molar-refractivity contribution in [3.05, 3.63) is 0 Å². The minimum absolute atomic E-state index is 0.0130. The van der Waals surface area contributed by atoms with Crippen molar-refractivity contribution in [1.29, 1.82) is 0 Å². The normalized spacial score (nSPS) is 36.7. The Balaban J connectivity index is 2.02. The molecule has 0 radical (unpaired) electrons. The quantitative estimate of drug-likeness (QED) is 0.408. The van der Waals surface area contributed by atoms with Crippen LogP contribution in [0.25, 0.3) is 0 Å². The van der Waals surface area contributed by atoms with E-state index in [1.54, 1.807) is 0 Å². The van der Waals surface area contributed by atoms with Gasteiger partial charge in [0.1, 0.15) is 11.7 Å². The number of ether oxygens (including phenoxy) is 1. The SMILES string of the molecule is O=C(OC1C2CC3CC(C2)CC1(O)C3)C(C(F)(F)F)(C(F)(F)F)S(=O)(=O)O.